The van der Waals surface area contributed by atoms with Crippen LogP contribution in [0.5, 0.6) is 0 Å². The molecule has 4 unspecified atom stereocenters. The molecule has 0 spiro atoms. The Morgan fingerprint density at radius 1 is 0.667 bits per heavy atom. The first kappa shape index (κ1) is 32.3. The van der Waals surface area contributed by atoms with E-state index in [1.807, 2.05) is 0 Å². The first-order chi connectivity index (χ1) is 23.0. The van der Waals surface area contributed by atoms with Gasteiger partial charge in [0.25, 0.3) is 0 Å². The Bertz CT molecular complexity index is 1960. The van der Waals surface area contributed by atoms with Crippen LogP contribution in [-0.4, -0.2) is 11.5 Å². The number of hydrogen-bond donors (Lipinski definition) is 0. The highest BCUT2D eigenvalue weighted by atomic mass is 15.0. The molecule has 7 rings (SSSR count). The van der Waals surface area contributed by atoms with Gasteiger partial charge in [0.2, 0.25) is 0 Å². The molecule has 4 aromatic carbocycles. The van der Waals surface area contributed by atoms with Gasteiger partial charge in [-0.3, -0.25) is 4.99 Å². The lowest BCUT2D eigenvalue weighted by Gasteiger charge is -2.37. The van der Waals surface area contributed by atoms with Crippen molar-refractivity contribution in [2.24, 2.45) is 33.2 Å². The lowest BCUT2D eigenvalue weighted by Crippen LogP contribution is -2.28. The van der Waals surface area contributed by atoms with Gasteiger partial charge in [-0.1, -0.05) is 164 Å². The first-order valence-corrected chi connectivity index (χ1v) is 18.0. The molecule has 3 aliphatic rings. The molecule has 48 heavy (non-hydrogen) atoms. The topological polar surface area (TPSA) is 24.7 Å². The molecular formula is C46H50N2. The maximum absolute atomic E-state index is 5.50. The molecule has 0 fully saturated rings. The molecule has 244 valence electrons. The van der Waals surface area contributed by atoms with Crippen molar-refractivity contribution in [2.45, 2.75) is 79.7 Å². The molecule has 0 radical (unpaired) electrons. The molecule has 0 saturated heterocycles. The maximum atomic E-state index is 5.50. The van der Waals surface area contributed by atoms with Crippen LogP contribution in [0.25, 0.3) is 16.7 Å². The Morgan fingerprint density at radius 3 is 2.00 bits per heavy atom. The van der Waals surface area contributed by atoms with E-state index < -0.39 is 0 Å². The highest BCUT2D eigenvalue weighted by Gasteiger charge is 2.37. The lowest BCUT2D eigenvalue weighted by atomic mass is 9.67. The van der Waals surface area contributed by atoms with Crippen LogP contribution >= 0.6 is 0 Å². The highest BCUT2D eigenvalue weighted by Crippen LogP contribution is 2.49. The molecule has 1 heterocycles. The highest BCUT2D eigenvalue weighted by molar-refractivity contribution is 6.15. The summed E-state index contributed by atoms with van der Waals surface area (Å²) in [5.41, 5.74) is 14.5. The summed E-state index contributed by atoms with van der Waals surface area (Å²) in [7, 11) is 0. The van der Waals surface area contributed by atoms with Crippen LogP contribution < -0.4 is 0 Å². The van der Waals surface area contributed by atoms with E-state index in [0.717, 1.165) is 30.0 Å². The average Bonchev–Trinajstić information content (AvgIpc) is 3.33. The second-order valence-electron chi connectivity index (χ2n) is 15.6. The standard InChI is InChI=1S/C46H50N2/c1-9-34-29(3)36(26-27-39(34)45(4,5)6)30-20-22-32(23-21-30)43-35(10-2)42(31-16-12-11-13-17-31)47-44(48-43)33-24-25-38-37-18-14-15-19-40(37)46(7,8)41(38)28-33/h11-29,34-35,43H,9-10H2,1-8H3. The number of nitrogens with zero attached hydrogens (tertiary/aromatic N) is 2. The van der Waals surface area contributed by atoms with Gasteiger partial charge in [0, 0.05) is 16.9 Å². The molecule has 0 N–H and O–H groups in total. The Kier molecular flexibility index (Phi) is 8.26. The molecule has 4 aromatic rings. The molecule has 0 aromatic heterocycles. The second-order valence-corrected chi connectivity index (χ2v) is 15.6. The largest absolute Gasteiger partial charge is 0.257 e. The number of rotatable bonds is 6. The first-order valence-electron chi connectivity index (χ1n) is 18.0. The van der Waals surface area contributed by atoms with Gasteiger partial charge in [-0.05, 0) is 80.7 Å². The summed E-state index contributed by atoms with van der Waals surface area (Å²) in [6, 6.07) is 35.8. The lowest BCUT2D eigenvalue weighted by molar-refractivity contribution is 0.367. The van der Waals surface area contributed by atoms with Crippen LogP contribution in [0, 0.1) is 23.2 Å². The number of benzene rings is 4. The van der Waals surface area contributed by atoms with E-state index in [0.29, 0.717) is 11.8 Å². The molecule has 2 nitrogen and oxygen atoms in total. The van der Waals surface area contributed by atoms with Crippen LogP contribution in [0.1, 0.15) is 108 Å². The summed E-state index contributed by atoms with van der Waals surface area (Å²) in [6.45, 7) is 18.7. The third-order valence-corrected chi connectivity index (χ3v) is 11.4. The van der Waals surface area contributed by atoms with E-state index in [1.54, 1.807) is 5.57 Å². The normalized spacial score (nSPS) is 23.0. The summed E-state index contributed by atoms with van der Waals surface area (Å²) in [5.74, 6) is 2.06. The molecule has 1 aliphatic heterocycles. The van der Waals surface area contributed by atoms with Crippen LogP contribution in [0.15, 0.2) is 125 Å². The Hall–Kier alpha value is -4.30. The fraction of sp³-hybridized carbons (Fsp3) is 0.348. The van der Waals surface area contributed by atoms with Crippen LogP contribution in [-0.2, 0) is 5.41 Å². The van der Waals surface area contributed by atoms with Crippen LogP contribution in [0.3, 0.4) is 0 Å². The zero-order valence-electron chi connectivity index (χ0n) is 30.0. The third kappa shape index (κ3) is 5.44. The van der Waals surface area contributed by atoms with E-state index in [2.05, 4.69) is 165 Å². The van der Waals surface area contributed by atoms with Gasteiger partial charge in [0.15, 0.2) is 5.84 Å². The number of hydrogen-bond acceptors (Lipinski definition) is 2. The van der Waals surface area contributed by atoms with Crippen molar-refractivity contribution >= 4 is 17.1 Å². The second kappa shape index (κ2) is 12.3. The summed E-state index contributed by atoms with van der Waals surface area (Å²) < 4.78 is 0. The smallest absolute Gasteiger partial charge is 0.155 e. The fourth-order valence-electron chi connectivity index (χ4n) is 8.74. The quantitative estimate of drug-likeness (QED) is 0.202. The van der Waals surface area contributed by atoms with Crippen molar-refractivity contribution in [2.75, 3.05) is 0 Å². The minimum absolute atomic E-state index is 0.0150. The summed E-state index contributed by atoms with van der Waals surface area (Å²) in [5, 5.41) is 0. The predicted octanol–water partition coefficient (Wildman–Crippen LogP) is 12.0. The van der Waals surface area contributed by atoms with E-state index in [4.69, 9.17) is 9.98 Å². The maximum Gasteiger partial charge on any atom is 0.155 e. The Balaban J connectivity index is 1.30. The third-order valence-electron chi connectivity index (χ3n) is 11.4. The predicted molar refractivity (Wildman–Crippen MR) is 205 cm³/mol. The van der Waals surface area contributed by atoms with Crippen molar-refractivity contribution in [3.8, 4) is 11.1 Å². The number of allylic oxidation sites excluding steroid dienone is 4. The van der Waals surface area contributed by atoms with Crippen molar-refractivity contribution in [3.05, 3.63) is 148 Å². The van der Waals surface area contributed by atoms with E-state index in [1.165, 1.54) is 44.5 Å². The van der Waals surface area contributed by atoms with Crippen LogP contribution in [0.4, 0.5) is 0 Å². The van der Waals surface area contributed by atoms with Gasteiger partial charge in [0.1, 0.15) is 0 Å². The zero-order chi connectivity index (χ0) is 33.8. The molecule has 0 bridgehead atoms. The number of amidine groups is 1. The molecule has 0 amide bonds. The van der Waals surface area contributed by atoms with Crippen molar-refractivity contribution < 1.29 is 0 Å². The van der Waals surface area contributed by atoms with E-state index in [9.17, 15) is 0 Å². The van der Waals surface area contributed by atoms with Crippen LogP contribution in [0.2, 0.25) is 0 Å². The SMILES string of the molecule is CCC1C(C(C)(C)C)=CC=C(c2ccc(C3N=C(c4ccc5c(c4)C(C)(C)c4ccccc4-5)N=C(c4ccccc4)C3CC)cc2)C1C. The average molecular weight is 631 g/mol. The van der Waals surface area contributed by atoms with Gasteiger partial charge in [0.05, 0.1) is 11.8 Å². The summed E-state index contributed by atoms with van der Waals surface area (Å²) in [4.78, 5) is 10.9. The number of fused-ring (bicyclic) bond motifs is 3. The monoisotopic (exact) mass is 630 g/mol. The van der Waals surface area contributed by atoms with Gasteiger partial charge >= 0.3 is 0 Å². The molecule has 0 saturated carbocycles. The van der Waals surface area contributed by atoms with Crippen molar-refractivity contribution in [3.63, 3.8) is 0 Å². The summed E-state index contributed by atoms with van der Waals surface area (Å²) >= 11 is 0. The van der Waals surface area contributed by atoms with Crippen molar-refractivity contribution in [1.82, 2.24) is 0 Å². The minimum Gasteiger partial charge on any atom is -0.257 e. The molecule has 2 heteroatoms. The van der Waals surface area contributed by atoms with E-state index >= 15 is 0 Å². The van der Waals surface area contributed by atoms with Gasteiger partial charge in [-0.15, -0.1) is 0 Å². The number of aliphatic imine (C=N–C) groups is 2. The summed E-state index contributed by atoms with van der Waals surface area (Å²) in [6.07, 6.45) is 6.91. The Morgan fingerprint density at radius 2 is 1.31 bits per heavy atom. The van der Waals surface area contributed by atoms with E-state index in [-0.39, 0.29) is 22.8 Å². The van der Waals surface area contributed by atoms with Gasteiger partial charge in [-0.2, -0.15) is 0 Å². The van der Waals surface area contributed by atoms with Gasteiger partial charge < -0.3 is 0 Å². The van der Waals surface area contributed by atoms with Gasteiger partial charge in [-0.25, -0.2) is 4.99 Å². The Labute approximate surface area is 288 Å². The fourth-order valence-corrected chi connectivity index (χ4v) is 8.74. The minimum atomic E-state index is -0.0745. The zero-order valence-corrected chi connectivity index (χ0v) is 30.0. The molecule has 2 aliphatic carbocycles. The molecule has 4 atom stereocenters. The molecular weight excluding hydrogens is 581 g/mol. The van der Waals surface area contributed by atoms with Crippen molar-refractivity contribution in [1.29, 1.82) is 0 Å².